The van der Waals surface area contributed by atoms with E-state index in [9.17, 15) is 0 Å². The molecule has 0 saturated heterocycles. The largest absolute Gasteiger partial charge is 0.477 e. The van der Waals surface area contributed by atoms with E-state index in [1.807, 2.05) is 0 Å². The maximum atomic E-state index is 8.90. The fourth-order valence-electron chi connectivity index (χ4n) is 1.23. The molecule has 0 bridgehead atoms. The zero-order valence-corrected chi connectivity index (χ0v) is 11.2. The molecule has 1 heterocycles. The van der Waals surface area contributed by atoms with Crippen LogP contribution in [-0.2, 0) is 16.1 Å². The highest BCUT2D eigenvalue weighted by Gasteiger charge is 2.04. The van der Waals surface area contributed by atoms with E-state index in [0.29, 0.717) is 42.9 Å². The average Bonchev–Trinajstić information content (AvgIpc) is 2.39. The Hall–Kier alpha value is -0.880. The van der Waals surface area contributed by atoms with Gasteiger partial charge in [-0.2, -0.15) is 0 Å². The number of rotatable bonds is 9. The number of nitrogens with zero attached hydrogens (tertiary/aromatic N) is 1. The second-order valence-corrected chi connectivity index (χ2v) is 4.00. The minimum absolute atomic E-state index is 0.0830. The van der Waals surface area contributed by atoms with Gasteiger partial charge in [0.1, 0.15) is 5.02 Å². The van der Waals surface area contributed by atoms with E-state index < -0.39 is 0 Å². The van der Waals surface area contributed by atoms with Gasteiger partial charge < -0.3 is 19.3 Å². The average molecular weight is 276 g/mol. The van der Waals surface area contributed by atoms with Gasteiger partial charge in [-0.05, 0) is 11.6 Å². The van der Waals surface area contributed by atoms with Gasteiger partial charge in [0.25, 0.3) is 0 Å². The Morgan fingerprint density at radius 1 is 1.28 bits per heavy atom. The van der Waals surface area contributed by atoms with E-state index in [0.717, 1.165) is 6.42 Å². The predicted molar refractivity (Wildman–Crippen MR) is 68.0 cm³/mol. The summed E-state index contributed by atoms with van der Waals surface area (Å²) < 4.78 is 15.5. The maximum absolute atomic E-state index is 8.90. The minimum Gasteiger partial charge on any atom is -0.477 e. The van der Waals surface area contributed by atoms with Crippen LogP contribution >= 0.6 is 11.6 Å². The van der Waals surface area contributed by atoms with Crippen molar-refractivity contribution < 1.29 is 19.3 Å². The lowest BCUT2D eigenvalue weighted by Crippen LogP contribution is -2.07. The molecule has 0 amide bonds. The van der Waals surface area contributed by atoms with Crippen molar-refractivity contribution >= 4 is 11.6 Å². The second kappa shape index (κ2) is 9.10. The molecule has 1 aromatic heterocycles. The molecule has 0 aliphatic heterocycles. The first-order chi connectivity index (χ1) is 8.77. The molecule has 0 aromatic carbocycles. The van der Waals surface area contributed by atoms with Crippen molar-refractivity contribution in [3.8, 4) is 5.88 Å². The SMILES string of the molecule is COCCOCCCOc1ncc(CO)cc1Cl. The van der Waals surface area contributed by atoms with Crippen LogP contribution in [0.2, 0.25) is 5.02 Å². The number of ether oxygens (including phenoxy) is 3. The third kappa shape index (κ3) is 5.64. The van der Waals surface area contributed by atoms with Crippen LogP contribution < -0.4 is 4.74 Å². The number of halogens is 1. The number of methoxy groups -OCH3 is 1. The number of hydrogen-bond donors (Lipinski definition) is 1. The van der Waals surface area contributed by atoms with Crippen LogP contribution in [0, 0.1) is 0 Å². The van der Waals surface area contributed by atoms with Crippen molar-refractivity contribution in [1.29, 1.82) is 0 Å². The quantitative estimate of drug-likeness (QED) is 0.695. The third-order valence-corrected chi connectivity index (χ3v) is 2.42. The van der Waals surface area contributed by atoms with Gasteiger partial charge in [0.15, 0.2) is 0 Å². The van der Waals surface area contributed by atoms with Crippen molar-refractivity contribution in [2.75, 3.05) is 33.5 Å². The Kier molecular flexibility index (Phi) is 7.68. The first-order valence-corrected chi connectivity index (χ1v) is 6.10. The van der Waals surface area contributed by atoms with Gasteiger partial charge in [-0.3, -0.25) is 0 Å². The molecule has 18 heavy (non-hydrogen) atoms. The minimum atomic E-state index is -0.0830. The van der Waals surface area contributed by atoms with Crippen LogP contribution in [0.3, 0.4) is 0 Å². The highest BCUT2D eigenvalue weighted by molar-refractivity contribution is 6.31. The Labute approximate surface area is 112 Å². The van der Waals surface area contributed by atoms with Crippen LogP contribution in [-0.4, -0.2) is 43.6 Å². The van der Waals surface area contributed by atoms with Gasteiger partial charge in [0.2, 0.25) is 5.88 Å². The van der Waals surface area contributed by atoms with E-state index in [1.54, 1.807) is 13.2 Å². The van der Waals surface area contributed by atoms with E-state index in [2.05, 4.69) is 4.98 Å². The highest BCUT2D eigenvalue weighted by Crippen LogP contribution is 2.22. The molecule has 6 heteroatoms. The van der Waals surface area contributed by atoms with E-state index in [-0.39, 0.29) is 6.61 Å². The number of aromatic nitrogens is 1. The fraction of sp³-hybridized carbons (Fsp3) is 0.583. The molecule has 1 rings (SSSR count). The Morgan fingerprint density at radius 3 is 2.78 bits per heavy atom. The molecule has 0 saturated carbocycles. The number of pyridine rings is 1. The third-order valence-electron chi connectivity index (χ3n) is 2.15. The van der Waals surface area contributed by atoms with Crippen LogP contribution in [0.5, 0.6) is 5.88 Å². The van der Waals surface area contributed by atoms with Gasteiger partial charge >= 0.3 is 0 Å². The highest BCUT2D eigenvalue weighted by atomic mass is 35.5. The summed E-state index contributed by atoms with van der Waals surface area (Å²) in [7, 11) is 1.64. The molecule has 0 spiro atoms. The lowest BCUT2D eigenvalue weighted by molar-refractivity contribution is 0.0642. The van der Waals surface area contributed by atoms with E-state index in [1.165, 1.54) is 6.20 Å². The van der Waals surface area contributed by atoms with Crippen molar-refractivity contribution in [3.05, 3.63) is 22.8 Å². The van der Waals surface area contributed by atoms with Gasteiger partial charge in [-0.25, -0.2) is 4.98 Å². The van der Waals surface area contributed by atoms with Crippen LogP contribution in [0.4, 0.5) is 0 Å². The zero-order valence-electron chi connectivity index (χ0n) is 10.4. The van der Waals surface area contributed by atoms with Crippen molar-refractivity contribution in [2.24, 2.45) is 0 Å². The first-order valence-electron chi connectivity index (χ1n) is 5.72. The number of aliphatic hydroxyl groups is 1. The smallest absolute Gasteiger partial charge is 0.232 e. The normalized spacial score (nSPS) is 10.6. The molecule has 0 aliphatic carbocycles. The topological polar surface area (TPSA) is 60.8 Å². The Balaban J connectivity index is 2.19. The molecule has 0 atom stereocenters. The van der Waals surface area contributed by atoms with E-state index >= 15 is 0 Å². The summed E-state index contributed by atoms with van der Waals surface area (Å²) in [5.74, 6) is 0.380. The standard InChI is InChI=1S/C12H18ClNO4/c1-16-5-6-17-3-2-4-18-12-11(13)7-10(9-15)8-14-12/h7-8,15H,2-6,9H2,1H3. The molecule has 1 aromatic rings. The number of aliphatic hydroxyl groups excluding tert-OH is 1. The van der Waals surface area contributed by atoms with Crippen LogP contribution in [0.1, 0.15) is 12.0 Å². The lowest BCUT2D eigenvalue weighted by Gasteiger charge is -2.08. The summed E-state index contributed by atoms with van der Waals surface area (Å²) in [5, 5.41) is 9.31. The lowest BCUT2D eigenvalue weighted by atomic mass is 10.3. The molecule has 0 fully saturated rings. The monoisotopic (exact) mass is 275 g/mol. The molecular formula is C12H18ClNO4. The van der Waals surface area contributed by atoms with Gasteiger partial charge in [0, 0.05) is 26.3 Å². The summed E-state index contributed by atoms with van der Waals surface area (Å²) in [6.45, 7) is 2.19. The van der Waals surface area contributed by atoms with Gasteiger partial charge in [-0.15, -0.1) is 0 Å². The second-order valence-electron chi connectivity index (χ2n) is 3.60. The molecule has 102 valence electrons. The first kappa shape index (κ1) is 15.2. The molecule has 0 unspecified atom stereocenters. The molecule has 0 aliphatic rings. The van der Waals surface area contributed by atoms with Crippen molar-refractivity contribution in [1.82, 2.24) is 4.98 Å². The van der Waals surface area contributed by atoms with Crippen LogP contribution in [0.25, 0.3) is 0 Å². The number of hydrogen-bond acceptors (Lipinski definition) is 5. The fourth-order valence-corrected chi connectivity index (χ4v) is 1.48. The Morgan fingerprint density at radius 2 is 2.11 bits per heavy atom. The Bertz CT molecular complexity index is 349. The van der Waals surface area contributed by atoms with Gasteiger partial charge in [0.05, 0.1) is 26.4 Å². The van der Waals surface area contributed by atoms with Crippen LogP contribution in [0.15, 0.2) is 12.3 Å². The summed E-state index contributed by atoms with van der Waals surface area (Å²) in [6, 6.07) is 1.64. The maximum Gasteiger partial charge on any atom is 0.232 e. The molecule has 5 nitrogen and oxygen atoms in total. The van der Waals surface area contributed by atoms with Crippen molar-refractivity contribution in [2.45, 2.75) is 13.0 Å². The summed E-state index contributed by atoms with van der Waals surface area (Å²) in [5.41, 5.74) is 0.662. The predicted octanol–water partition coefficient (Wildman–Crippen LogP) is 1.66. The molecule has 0 radical (unpaired) electrons. The summed E-state index contributed by atoms with van der Waals surface area (Å²) in [4.78, 5) is 4.02. The van der Waals surface area contributed by atoms with Gasteiger partial charge in [-0.1, -0.05) is 11.6 Å². The zero-order chi connectivity index (χ0) is 13.2. The molecular weight excluding hydrogens is 258 g/mol. The summed E-state index contributed by atoms with van der Waals surface area (Å²) >= 11 is 5.94. The summed E-state index contributed by atoms with van der Waals surface area (Å²) in [6.07, 6.45) is 2.29. The van der Waals surface area contributed by atoms with Crippen molar-refractivity contribution in [3.63, 3.8) is 0 Å². The molecule has 1 N–H and O–H groups in total. The van der Waals surface area contributed by atoms with E-state index in [4.69, 9.17) is 30.9 Å².